The summed E-state index contributed by atoms with van der Waals surface area (Å²) in [5.74, 6) is -0.0628. The Hall–Kier alpha value is 1.07. The molecule has 18 heavy (non-hydrogen) atoms. The van der Waals surface area contributed by atoms with E-state index in [1.165, 1.54) is 32.1 Å². The number of aldehydes is 1. The lowest BCUT2D eigenvalue weighted by Gasteiger charge is -2.22. The van der Waals surface area contributed by atoms with Crippen LogP contribution in [0.2, 0.25) is 0 Å². The van der Waals surface area contributed by atoms with Gasteiger partial charge in [0.15, 0.2) is 0 Å². The third-order valence-corrected chi connectivity index (χ3v) is 5.16. The predicted molar refractivity (Wildman–Crippen MR) is 85.7 cm³/mol. The summed E-state index contributed by atoms with van der Waals surface area (Å²) >= 11 is 10.2. The lowest BCUT2D eigenvalue weighted by molar-refractivity contribution is -0.111. The fourth-order valence-corrected chi connectivity index (χ4v) is 3.27. The molecule has 0 amide bonds. The van der Waals surface area contributed by atoms with Crippen LogP contribution in [-0.4, -0.2) is 21.1 Å². The minimum atomic E-state index is -0.459. The third-order valence-electron chi connectivity index (χ3n) is 3.40. The molecule has 0 saturated heterocycles. The highest BCUT2D eigenvalue weighted by atomic mass is 80.0. The van der Waals surface area contributed by atoms with Crippen molar-refractivity contribution >= 4 is 54.1 Å². The topological polar surface area (TPSA) is 26.3 Å². The predicted octanol–water partition coefficient (Wildman–Crippen LogP) is 5.16. The number of rotatable bonds is 7. The molecule has 1 aliphatic carbocycles. The van der Waals surface area contributed by atoms with Crippen LogP contribution in [0.4, 0.5) is 0 Å². The lowest BCUT2D eigenvalue weighted by Crippen LogP contribution is -2.19. The Morgan fingerprint density at radius 2 is 1.83 bits per heavy atom. The Labute approximate surface area is 135 Å². The Kier molecular flexibility index (Phi) is 8.65. The van der Waals surface area contributed by atoms with Crippen LogP contribution in [0.3, 0.4) is 0 Å². The van der Waals surface area contributed by atoms with E-state index in [-0.39, 0.29) is 5.92 Å². The first-order valence-corrected chi connectivity index (χ1v) is 9.05. The molecule has 1 saturated carbocycles. The van der Waals surface area contributed by atoms with E-state index >= 15 is 0 Å². The molecule has 1 atom stereocenters. The van der Waals surface area contributed by atoms with Crippen molar-refractivity contribution in [2.24, 2.45) is 5.92 Å². The zero-order chi connectivity index (χ0) is 13.4. The van der Waals surface area contributed by atoms with E-state index in [0.29, 0.717) is 6.10 Å². The number of halogens is 3. The summed E-state index contributed by atoms with van der Waals surface area (Å²) in [6.45, 7) is 0.829. The van der Waals surface area contributed by atoms with E-state index in [2.05, 4.69) is 47.8 Å². The van der Waals surface area contributed by atoms with Crippen molar-refractivity contribution < 1.29 is 9.53 Å². The van der Waals surface area contributed by atoms with E-state index in [0.717, 1.165) is 32.2 Å². The van der Waals surface area contributed by atoms with Gasteiger partial charge in [0, 0.05) is 12.5 Å². The SMILES string of the molecule is O=CC(CCCCOC1CCCCC1)C(Br)(Br)Br. The van der Waals surface area contributed by atoms with Gasteiger partial charge < -0.3 is 9.53 Å². The summed E-state index contributed by atoms with van der Waals surface area (Å²) in [4.78, 5) is 10.9. The molecule has 0 aromatic heterocycles. The summed E-state index contributed by atoms with van der Waals surface area (Å²) in [5, 5.41) is 0. The van der Waals surface area contributed by atoms with Crippen molar-refractivity contribution in [3.8, 4) is 0 Å². The molecule has 0 heterocycles. The Balaban J connectivity index is 2.05. The van der Waals surface area contributed by atoms with Gasteiger partial charge in [-0.05, 0) is 25.7 Å². The van der Waals surface area contributed by atoms with Crippen molar-refractivity contribution in [1.29, 1.82) is 0 Å². The number of carbonyl (C=O) groups excluding carboxylic acids is 1. The summed E-state index contributed by atoms with van der Waals surface area (Å²) in [7, 11) is 0. The lowest BCUT2D eigenvalue weighted by atomic mass is 9.98. The maximum atomic E-state index is 10.9. The number of carbonyl (C=O) groups is 1. The van der Waals surface area contributed by atoms with Gasteiger partial charge in [0.1, 0.15) is 8.43 Å². The van der Waals surface area contributed by atoms with Crippen LogP contribution in [0.5, 0.6) is 0 Å². The van der Waals surface area contributed by atoms with Gasteiger partial charge in [-0.25, -0.2) is 0 Å². The summed E-state index contributed by atoms with van der Waals surface area (Å²) in [6, 6.07) is 0. The minimum Gasteiger partial charge on any atom is -0.378 e. The monoisotopic (exact) mass is 446 g/mol. The van der Waals surface area contributed by atoms with E-state index in [4.69, 9.17) is 4.74 Å². The molecule has 2 nitrogen and oxygen atoms in total. The quantitative estimate of drug-likeness (QED) is 0.305. The van der Waals surface area contributed by atoms with Crippen molar-refractivity contribution in [3.05, 3.63) is 0 Å². The van der Waals surface area contributed by atoms with Crippen LogP contribution in [-0.2, 0) is 9.53 Å². The zero-order valence-corrected chi connectivity index (χ0v) is 15.3. The molecule has 0 spiro atoms. The molecular formula is C13H21Br3O2. The second-order valence-electron chi connectivity index (χ2n) is 4.91. The van der Waals surface area contributed by atoms with Crippen molar-refractivity contribution in [2.45, 2.75) is 59.6 Å². The van der Waals surface area contributed by atoms with E-state index in [1.807, 2.05) is 0 Å². The highest BCUT2D eigenvalue weighted by Gasteiger charge is 2.29. The molecule has 106 valence electrons. The van der Waals surface area contributed by atoms with E-state index in [9.17, 15) is 4.79 Å². The third kappa shape index (κ3) is 7.01. The maximum Gasteiger partial charge on any atom is 0.144 e. The normalized spacial score (nSPS) is 19.7. The zero-order valence-electron chi connectivity index (χ0n) is 10.5. The second-order valence-corrected chi connectivity index (χ2v) is 11.9. The first-order valence-electron chi connectivity index (χ1n) is 6.67. The molecule has 1 fully saturated rings. The molecule has 5 heteroatoms. The molecule has 0 radical (unpaired) electrons. The van der Waals surface area contributed by atoms with Crippen LogP contribution in [0, 0.1) is 5.92 Å². The fraction of sp³-hybridized carbons (Fsp3) is 0.923. The molecule has 0 aliphatic heterocycles. The largest absolute Gasteiger partial charge is 0.378 e. The molecule has 0 bridgehead atoms. The average molecular weight is 449 g/mol. The van der Waals surface area contributed by atoms with Crippen LogP contribution in [0.1, 0.15) is 51.4 Å². The molecule has 1 aliphatic rings. The first-order chi connectivity index (χ1) is 8.54. The van der Waals surface area contributed by atoms with Gasteiger partial charge in [-0.15, -0.1) is 0 Å². The molecule has 0 N–H and O–H groups in total. The molecule has 1 unspecified atom stereocenters. The number of unbranched alkanes of at least 4 members (excludes halogenated alkanes) is 1. The summed E-state index contributed by atoms with van der Waals surface area (Å²) in [5.41, 5.74) is 0. The molecule has 1 rings (SSSR count). The number of hydrogen-bond acceptors (Lipinski definition) is 2. The summed E-state index contributed by atoms with van der Waals surface area (Å²) < 4.78 is 5.40. The molecule has 0 aromatic rings. The number of ether oxygens (including phenoxy) is 1. The molecular weight excluding hydrogens is 428 g/mol. The second kappa shape index (κ2) is 9.09. The fourth-order valence-electron chi connectivity index (χ4n) is 2.26. The number of hydrogen-bond donors (Lipinski definition) is 0. The Morgan fingerprint density at radius 3 is 2.39 bits per heavy atom. The Bertz CT molecular complexity index is 235. The first kappa shape index (κ1) is 17.1. The van der Waals surface area contributed by atoms with Crippen LogP contribution in [0.25, 0.3) is 0 Å². The highest BCUT2D eigenvalue weighted by molar-refractivity contribution is 9.39. The van der Waals surface area contributed by atoms with Gasteiger partial charge in [-0.1, -0.05) is 73.5 Å². The standard InChI is InChI=1S/C13H21Br3O2/c14-13(15,16)11(10-17)6-4-5-9-18-12-7-2-1-3-8-12/h10-12H,1-9H2. The molecule has 0 aromatic carbocycles. The van der Waals surface area contributed by atoms with Gasteiger partial charge in [-0.3, -0.25) is 0 Å². The van der Waals surface area contributed by atoms with E-state index < -0.39 is 2.14 Å². The average Bonchev–Trinajstić information content (AvgIpc) is 2.33. The van der Waals surface area contributed by atoms with Crippen molar-refractivity contribution in [3.63, 3.8) is 0 Å². The van der Waals surface area contributed by atoms with Crippen LogP contribution in [0.15, 0.2) is 0 Å². The van der Waals surface area contributed by atoms with Gasteiger partial charge in [0.2, 0.25) is 0 Å². The van der Waals surface area contributed by atoms with Crippen molar-refractivity contribution in [1.82, 2.24) is 0 Å². The van der Waals surface area contributed by atoms with Crippen LogP contribution >= 0.6 is 47.8 Å². The smallest absolute Gasteiger partial charge is 0.144 e. The number of alkyl halides is 3. The van der Waals surface area contributed by atoms with Crippen LogP contribution < -0.4 is 0 Å². The maximum absolute atomic E-state index is 10.9. The minimum absolute atomic E-state index is 0.0628. The highest BCUT2D eigenvalue weighted by Crippen LogP contribution is 2.42. The van der Waals surface area contributed by atoms with Crippen molar-refractivity contribution in [2.75, 3.05) is 6.61 Å². The Morgan fingerprint density at radius 1 is 1.17 bits per heavy atom. The van der Waals surface area contributed by atoms with Gasteiger partial charge in [0.05, 0.1) is 6.10 Å². The van der Waals surface area contributed by atoms with Gasteiger partial charge in [0.25, 0.3) is 0 Å². The summed E-state index contributed by atoms with van der Waals surface area (Å²) in [6.07, 6.45) is 10.8. The van der Waals surface area contributed by atoms with Gasteiger partial charge in [-0.2, -0.15) is 0 Å². The van der Waals surface area contributed by atoms with E-state index in [1.54, 1.807) is 0 Å². The van der Waals surface area contributed by atoms with Gasteiger partial charge >= 0.3 is 0 Å².